The second-order valence-electron chi connectivity index (χ2n) is 7.15. The van der Waals surface area contributed by atoms with Crippen LogP contribution >= 0.6 is 0 Å². The second kappa shape index (κ2) is 8.59. The van der Waals surface area contributed by atoms with E-state index in [4.69, 9.17) is 0 Å². The van der Waals surface area contributed by atoms with E-state index in [0.717, 1.165) is 30.8 Å². The smallest absolute Gasteiger partial charge is 0.218 e. The molecule has 1 aliphatic heterocycles. The average Bonchev–Trinajstić information content (AvgIpc) is 2.70. The summed E-state index contributed by atoms with van der Waals surface area (Å²) in [5.41, 5.74) is 3.19. The predicted octanol–water partition coefficient (Wildman–Crippen LogP) is 3.26. The van der Waals surface area contributed by atoms with Crippen molar-refractivity contribution in [2.75, 3.05) is 26.2 Å². The lowest BCUT2D eigenvalue weighted by Crippen LogP contribution is -2.43. The average molecular weight is 396 g/mol. The molecule has 2 aromatic rings. The van der Waals surface area contributed by atoms with E-state index in [9.17, 15) is 13.7 Å². The molecule has 1 saturated heterocycles. The van der Waals surface area contributed by atoms with Gasteiger partial charge in [0.25, 0.3) is 0 Å². The largest absolute Gasteiger partial charge is 0.373 e. The standard InChI is InChI=1S/C22H25N3O2S/c1-18-8-9-21(14-19(18)2)28(26,27)22(15-23)17-25-12-10-24(11-13-25)16-20-6-4-3-5-7-20/h3-9,14,17H,10-13,16H2,1-2H3/b22-17+. The van der Waals surface area contributed by atoms with Gasteiger partial charge in [0.05, 0.1) is 4.90 Å². The van der Waals surface area contributed by atoms with Gasteiger partial charge in [0.1, 0.15) is 6.07 Å². The minimum absolute atomic E-state index is 0.172. The van der Waals surface area contributed by atoms with E-state index in [1.165, 1.54) is 11.8 Å². The molecule has 1 fully saturated rings. The lowest BCUT2D eigenvalue weighted by atomic mass is 10.1. The van der Waals surface area contributed by atoms with Gasteiger partial charge < -0.3 is 4.90 Å². The molecule has 6 heteroatoms. The summed E-state index contributed by atoms with van der Waals surface area (Å²) in [5.74, 6) is 0. The molecule has 146 valence electrons. The Morgan fingerprint density at radius 1 is 1.04 bits per heavy atom. The number of aryl methyl sites for hydroxylation is 2. The lowest BCUT2D eigenvalue weighted by molar-refractivity contribution is 0.162. The maximum Gasteiger partial charge on any atom is 0.218 e. The van der Waals surface area contributed by atoms with Crippen molar-refractivity contribution in [1.82, 2.24) is 9.80 Å². The van der Waals surface area contributed by atoms with Crippen LogP contribution in [-0.4, -0.2) is 44.4 Å². The highest BCUT2D eigenvalue weighted by Gasteiger charge is 2.23. The molecule has 2 aromatic carbocycles. The van der Waals surface area contributed by atoms with Crippen LogP contribution in [0.15, 0.2) is 64.5 Å². The number of hydrogen-bond donors (Lipinski definition) is 0. The van der Waals surface area contributed by atoms with Crippen LogP contribution in [-0.2, 0) is 16.4 Å². The lowest BCUT2D eigenvalue weighted by Gasteiger charge is -2.34. The molecule has 0 aromatic heterocycles. The first-order valence-corrected chi connectivity index (χ1v) is 10.8. The first kappa shape index (κ1) is 20.1. The maximum atomic E-state index is 12.9. The first-order chi connectivity index (χ1) is 13.4. The monoisotopic (exact) mass is 395 g/mol. The highest BCUT2D eigenvalue weighted by molar-refractivity contribution is 7.95. The van der Waals surface area contributed by atoms with Crippen molar-refractivity contribution in [1.29, 1.82) is 5.26 Å². The van der Waals surface area contributed by atoms with Crippen LogP contribution in [0.25, 0.3) is 0 Å². The zero-order valence-corrected chi connectivity index (χ0v) is 17.1. The Hall–Kier alpha value is -2.62. The van der Waals surface area contributed by atoms with Crippen LogP contribution in [0.4, 0.5) is 0 Å². The molecule has 1 heterocycles. The first-order valence-electron chi connectivity index (χ1n) is 9.35. The normalized spacial score (nSPS) is 16.0. The molecule has 0 atom stereocenters. The van der Waals surface area contributed by atoms with E-state index >= 15 is 0 Å². The van der Waals surface area contributed by atoms with Crippen LogP contribution in [0.3, 0.4) is 0 Å². The number of hydrogen-bond acceptors (Lipinski definition) is 5. The Labute approximate surface area is 167 Å². The molecule has 0 bridgehead atoms. The molecule has 5 nitrogen and oxygen atoms in total. The van der Waals surface area contributed by atoms with E-state index in [-0.39, 0.29) is 9.80 Å². The zero-order chi connectivity index (χ0) is 20.1. The van der Waals surface area contributed by atoms with Gasteiger partial charge in [-0.1, -0.05) is 36.4 Å². The molecule has 3 rings (SSSR count). The fraction of sp³-hybridized carbons (Fsp3) is 0.318. The molecule has 0 spiro atoms. The third kappa shape index (κ3) is 4.61. The second-order valence-corrected chi connectivity index (χ2v) is 9.07. The van der Waals surface area contributed by atoms with Gasteiger partial charge >= 0.3 is 0 Å². The van der Waals surface area contributed by atoms with Gasteiger partial charge in [-0.05, 0) is 42.7 Å². The van der Waals surface area contributed by atoms with Crippen molar-refractivity contribution in [3.63, 3.8) is 0 Å². The van der Waals surface area contributed by atoms with Crippen molar-refractivity contribution >= 4 is 9.84 Å². The van der Waals surface area contributed by atoms with E-state index in [2.05, 4.69) is 17.0 Å². The molecule has 0 N–H and O–H groups in total. The molecule has 0 amide bonds. The van der Waals surface area contributed by atoms with Gasteiger partial charge in [-0.3, -0.25) is 4.90 Å². The number of sulfone groups is 1. The molecule has 0 radical (unpaired) electrons. The number of benzene rings is 2. The van der Waals surface area contributed by atoms with Gasteiger partial charge in [-0.15, -0.1) is 0 Å². The molecule has 0 saturated carbocycles. The van der Waals surface area contributed by atoms with Crippen LogP contribution in [0.1, 0.15) is 16.7 Å². The highest BCUT2D eigenvalue weighted by Crippen LogP contribution is 2.22. The Bertz CT molecular complexity index is 1000. The predicted molar refractivity (Wildman–Crippen MR) is 110 cm³/mol. The summed E-state index contributed by atoms with van der Waals surface area (Å²) >= 11 is 0. The van der Waals surface area contributed by atoms with Crippen molar-refractivity contribution in [3.8, 4) is 6.07 Å². The molecule has 0 aliphatic carbocycles. The minimum Gasteiger partial charge on any atom is -0.373 e. The number of rotatable bonds is 5. The van der Waals surface area contributed by atoms with Gasteiger partial charge in [0.15, 0.2) is 4.91 Å². The minimum atomic E-state index is -3.81. The van der Waals surface area contributed by atoms with Crippen LogP contribution in [0.2, 0.25) is 0 Å². The summed E-state index contributed by atoms with van der Waals surface area (Å²) in [5, 5.41) is 9.49. The SMILES string of the molecule is Cc1ccc(S(=O)(=O)/C(C#N)=C/N2CCN(Cc3ccccc3)CC2)cc1C. The Morgan fingerprint density at radius 3 is 2.32 bits per heavy atom. The number of allylic oxidation sites excluding steroid dienone is 1. The van der Waals surface area contributed by atoms with Gasteiger partial charge in [0, 0.05) is 38.9 Å². The molecule has 28 heavy (non-hydrogen) atoms. The van der Waals surface area contributed by atoms with E-state index in [1.54, 1.807) is 18.2 Å². The van der Waals surface area contributed by atoms with E-state index in [1.807, 2.05) is 43.0 Å². The summed E-state index contributed by atoms with van der Waals surface area (Å²) in [6.07, 6.45) is 1.50. The Balaban J connectivity index is 1.69. The third-order valence-electron chi connectivity index (χ3n) is 5.14. The summed E-state index contributed by atoms with van der Waals surface area (Å²) in [6, 6.07) is 17.2. The molecular weight excluding hydrogens is 370 g/mol. The van der Waals surface area contributed by atoms with Crippen molar-refractivity contribution in [3.05, 3.63) is 76.3 Å². The maximum absolute atomic E-state index is 12.9. The van der Waals surface area contributed by atoms with Crippen molar-refractivity contribution < 1.29 is 8.42 Å². The molecular formula is C22H25N3O2S. The quantitative estimate of drug-likeness (QED) is 0.727. The van der Waals surface area contributed by atoms with E-state index in [0.29, 0.717) is 13.1 Å². The number of nitriles is 1. The van der Waals surface area contributed by atoms with Crippen molar-refractivity contribution in [2.45, 2.75) is 25.3 Å². The fourth-order valence-electron chi connectivity index (χ4n) is 3.22. The van der Waals surface area contributed by atoms with Gasteiger partial charge in [0.2, 0.25) is 9.84 Å². The Morgan fingerprint density at radius 2 is 1.71 bits per heavy atom. The van der Waals surface area contributed by atoms with Crippen LogP contribution < -0.4 is 0 Å². The summed E-state index contributed by atoms with van der Waals surface area (Å²) in [7, 11) is -3.81. The van der Waals surface area contributed by atoms with Gasteiger partial charge in [-0.25, -0.2) is 8.42 Å². The van der Waals surface area contributed by atoms with Crippen molar-refractivity contribution in [2.24, 2.45) is 0 Å². The summed E-state index contributed by atoms with van der Waals surface area (Å²) in [6.45, 7) is 7.73. The molecule has 1 aliphatic rings. The summed E-state index contributed by atoms with van der Waals surface area (Å²) < 4.78 is 25.8. The number of piperazine rings is 1. The highest BCUT2D eigenvalue weighted by atomic mass is 32.2. The van der Waals surface area contributed by atoms with Crippen LogP contribution in [0, 0.1) is 25.2 Å². The van der Waals surface area contributed by atoms with E-state index < -0.39 is 9.84 Å². The topological polar surface area (TPSA) is 64.4 Å². The fourth-order valence-corrected chi connectivity index (χ4v) is 4.47. The molecule has 0 unspecified atom stereocenters. The third-order valence-corrected chi connectivity index (χ3v) is 6.79. The number of nitrogens with zero attached hydrogens (tertiary/aromatic N) is 3. The Kier molecular flexibility index (Phi) is 6.18. The van der Waals surface area contributed by atoms with Gasteiger partial charge in [-0.2, -0.15) is 5.26 Å². The summed E-state index contributed by atoms with van der Waals surface area (Å²) in [4.78, 5) is 4.24. The van der Waals surface area contributed by atoms with Crippen LogP contribution in [0.5, 0.6) is 0 Å². The zero-order valence-electron chi connectivity index (χ0n) is 16.3.